The van der Waals surface area contributed by atoms with Crippen molar-refractivity contribution in [2.45, 2.75) is 30.9 Å². The van der Waals surface area contributed by atoms with Gasteiger partial charge in [-0.15, -0.1) is 0 Å². The fourth-order valence-electron chi connectivity index (χ4n) is 2.49. The summed E-state index contributed by atoms with van der Waals surface area (Å²) >= 11 is 0. The Kier molecular flexibility index (Phi) is 3.76. The highest BCUT2D eigenvalue weighted by Gasteiger charge is 2.33. The van der Waals surface area contributed by atoms with E-state index < -0.39 is 5.60 Å². The molecule has 1 aliphatic carbocycles. The maximum absolute atomic E-state index is 11.2. The third kappa shape index (κ3) is 2.57. The molecule has 2 heterocycles. The molecule has 20 heavy (non-hydrogen) atoms. The number of aliphatic hydroxyl groups is 1. The number of nitrogens with one attached hydrogen (secondary N) is 1. The smallest absolute Gasteiger partial charge is 0.130 e. The van der Waals surface area contributed by atoms with Gasteiger partial charge in [0.05, 0.1) is 0 Å². The number of hydrogen-bond donors (Lipinski definition) is 2. The van der Waals surface area contributed by atoms with Crippen molar-refractivity contribution in [2.75, 3.05) is 6.54 Å². The van der Waals surface area contributed by atoms with Crippen molar-refractivity contribution in [1.82, 2.24) is 15.3 Å². The standard InChI is InChI=1S/C16H19N3O/c20-16(12-19-15-6-1-7-15,13-4-2-8-17-10-13)14-5-3-9-18-11-14/h2-5,8-11,15,19-20H,1,6-7,12H2. The second kappa shape index (κ2) is 5.69. The minimum Gasteiger partial charge on any atom is -0.379 e. The zero-order valence-electron chi connectivity index (χ0n) is 11.4. The predicted octanol–water partition coefficient (Wildman–Crippen LogP) is 1.85. The van der Waals surface area contributed by atoms with Crippen LogP contribution >= 0.6 is 0 Å². The maximum atomic E-state index is 11.2. The van der Waals surface area contributed by atoms with Crippen LogP contribution in [0, 0.1) is 0 Å². The van der Waals surface area contributed by atoms with Crippen LogP contribution in [0.1, 0.15) is 30.4 Å². The highest BCUT2D eigenvalue weighted by atomic mass is 16.3. The van der Waals surface area contributed by atoms with Crippen LogP contribution in [0.5, 0.6) is 0 Å². The van der Waals surface area contributed by atoms with Crippen LogP contribution in [-0.2, 0) is 5.60 Å². The minimum absolute atomic E-state index is 0.481. The Bertz CT molecular complexity index is 501. The van der Waals surface area contributed by atoms with E-state index in [1.165, 1.54) is 19.3 Å². The summed E-state index contributed by atoms with van der Waals surface area (Å²) in [6.45, 7) is 0.481. The van der Waals surface area contributed by atoms with Gasteiger partial charge in [0.2, 0.25) is 0 Å². The largest absolute Gasteiger partial charge is 0.379 e. The SMILES string of the molecule is OC(CNC1CCC1)(c1cccnc1)c1cccnc1. The van der Waals surface area contributed by atoms with E-state index in [1.54, 1.807) is 24.8 Å². The van der Waals surface area contributed by atoms with Crippen LogP contribution < -0.4 is 5.32 Å². The molecular weight excluding hydrogens is 250 g/mol. The van der Waals surface area contributed by atoms with Crippen molar-refractivity contribution in [3.63, 3.8) is 0 Å². The Morgan fingerprint density at radius 3 is 2.10 bits per heavy atom. The first-order valence-electron chi connectivity index (χ1n) is 7.06. The Labute approximate surface area is 118 Å². The second-order valence-corrected chi connectivity index (χ2v) is 5.35. The molecule has 2 N–H and O–H groups in total. The second-order valence-electron chi connectivity index (χ2n) is 5.35. The molecule has 2 aromatic rings. The van der Waals surface area contributed by atoms with Crippen LogP contribution in [0.15, 0.2) is 49.1 Å². The first kappa shape index (κ1) is 13.2. The molecule has 4 heteroatoms. The molecule has 104 valence electrons. The van der Waals surface area contributed by atoms with Gasteiger partial charge in [-0.25, -0.2) is 0 Å². The summed E-state index contributed by atoms with van der Waals surface area (Å²) in [5.41, 5.74) is 0.498. The molecule has 3 rings (SSSR count). The summed E-state index contributed by atoms with van der Waals surface area (Å²) < 4.78 is 0. The Morgan fingerprint density at radius 2 is 1.70 bits per heavy atom. The Hall–Kier alpha value is -1.78. The summed E-state index contributed by atoms with van der Waals surface area (Å²) in [5, 5.41) is 14.6. The van der Waals surface area contributed by atoms with Crippen molar-refractivity contribution >= 4 is 0 Å². The van der Waals surface area contributed by atoms with Gasteiger partial charge in [-0.1, -0.05) is 18.6 Å². The summed E-state index contributed by atoms with van der Waals surface area (Å²) in [7, 11) is 0. The zero-order chi connectivity index (χ0) is 13.8. The van der Waals surface area contributed by atoms with E-state index in [-0.39, 0.29) is 0 Å². The average Bonchev–Trinajstić information content (AvgIpc) is 2.47. The molecule has 1 fully saturated rings. The lowest BCUT2D eigenvalue weighted by atomic mass is 9.86. The lowest BCUT2D eigenvalue weighted by Gasteiger charge is -2.34. The van der Waals surface area contributed by atoms with Gasteiger partial charge in [0.1, 0.15) is 5.60 Å². The normalized spacial score (nSPS) is 15.8. The fourth-order valence-corrected chi connectivity index (χ4v) is 2.49. The lowest BCUT2D eigenvalue weighted by molar-refractivity contribution is 0.0717. The van der Waals surface area contributed by atoms with Crippen LogP contribution in [-0.4, -0.2) is 27.7 Å². The molecule has 1 aliphatic rings. The van der Waals surface area contributed by atoms with Crippen LogP contribution in [0.4, 0.5) is 0 Å². The number of nitrogens with zero attached hydrogens (tertiary/aromatic N) is 2. The quantitative estimate of drug-likeness (QED) is 0.870. The highest BCUT2D eigenvalue weighted by molar-refractivity contribution is 5.33. The van der Waals surface area contributed by atoms with E-state index >= 15 is 0 Å². The van der Waals surface area contributed by atoms with Crippen LogP contribution in [0.25, 0.3) is 0 Å². The van der Waals surface area contributed by atoms with E-state index in [4.69, 9.17) is 0 Å². The third-order valence-electron chi connectivity index (χ3n) is 4.03. The molecule has 0 amide bonds. The molecule has 0 unspecified atom stereocenters. The number of rotatable bonds is 5. The molecule has 1 saturated carbocycles. The topological polar surface area (TPSA) is 58.0 Å². The van der Waals surface area contributed by atoms with Crippen molar-refractivity contribution in [1.29, 1.82) is 0 Å². The van der Waals surface area contributed by atoms with Crippen molar-refractivity contribution < 1.29 is 5.11 Å². The Balaban J connectivity index is 1.89. The zero-order valence-corrected chi connectivity index (χ0v) is 11.4. The molecule has 4 nitrogen and oxygen atoms in total. The number of aromatic nitrogens is 2. The van der Waals surface area contributed by atoms with E-state index in [0.29, 0.717) is 12.6 Å². The van der Waals surface area contributed by atoms with Gasteiger partial charge in [-0.3, -0.25) is 9.97 Å². The Morgan fingerprint density at radius 1 is 1.10 bits per heavy atom. The average molecular weight is 269 g/mol. The number of pyridine rings is 2. The summed E-state index contributed by atoms with van der Waals surface area (Å²) in [4.78, 5) is 8.26. The molecule has 0 saturated heterocycles. The maximum Gasteiger partial charge on any atom is 0.130 e. The molecule has 0 bridgehead atoms. The van der Waals surface area contributed by atoms with Gasteiger partial charge in [0, 0.05) is 48.5 Å². The predicted molar refractivity (Wildman–Crippen MR) is 77.1 cm³/mol. The lowest BCUT2D eigenvalue weighted by Crippen LogP contribution is -2.45. The summed E-state index contributed by atoms with van der Waals surface area (Å²) in [5.74, 6) is 0. The van der Waals surface area contributed by atoms with E-state index in [0.717, 1.165) is 11.1 Å². The van der Waals surface area contributed by atoms with Gasteiger partial charge in [-0.05, 0) is 25.0 Å². The van der Waals surface area contributed by atoms with Gasteiger partial charge >= 0.3 is 0 Å². The minimum atomic E-state index is -1.09. The highest BCUT2D eigenvalue weighted by Crippen LogP contribution is 2.29. The molecule has 0 radical (unpaired) electrons. The summed E-state index contributed by atoms with van der Waals surface area (Å²) in [6, 6.07) is 8.03. The van der Waals surface area contributed by atoms with Crippen molar-refractivity contribution in [3.05, 3.63) is 60.2 Å². The van der Waals surface area contributed by atoms with Gasteiger partial charge < -0.3 is 10.4 Å². The van der Waals surface area contributed by atoms with Gasteiger partial charge in [-0.2, -0.15) is 0 Å². The van der Waals surface area contributed by atoms with E-state index in [1.807, 2.05) is 24.3 Å². The molecular formula is C16H19N3O. The van der Waals surface area contributed by atoms with Gasteiger partial charge in [0.15, 0.2) is 0 Å². The number of hydrogen-bond acceptors (Lipinski definition) is 4. The molecule has 0 spiro atoms. The van der Waals surface area contributed by atoms with Crippen LogP contribution in [0.2, 0.25) is 0 Å². The molecule has 2 aromatic heterocycles. The molecule has 0 aromatic carbocycles. The monoisotopic (exact) mass is 269 g/mol. The molecule has 0 atom stereocenters. The van der Waals surface area contributed by atoms with E-state index in [2.05, 4.69) is 15.3 Å². The summed E-state index contributed by atoms with van der Waals surface area (Å²) in [6.07, 6.45) is 10.5. The first-order chi connectivity index (χ1) is 9.79. The van der Waals surface area contributed by atoms with Crippen molar-refractivity contribution in [2.24, 2.45) is 0 Å². The fraction of sp³-hybridized carbons (Fsp3) is 0.375. The van der Waals surface area contributed by atoms with E-state index in [9.17, 15) is 5.11 Å². The van der Waals surface area contributed by atoms with Gasteiger partial charge in [0.25, 0.3) is 0 Å². The first-order valence-corrected chi connectivity index (χ1v) is 7.06. The third-order valence-corrected chi connectivity index (χ3v) is 4.03. The van der Waals surface area contributed by atoms with Crippen LogP contribution in [0.3, 0.4) is 0 Å². The van der Waals surface area contributed by atoms with Crippen molar-refractivity contribution in [3.8, 4) is 0 Å². The molecule has 0 aliphatic heterocycles.